The molecule has 1 aromatic carbocycles. The molecule has 1 aliphatic heterocycles. The second kappa shape index (κ2) is 6.45. The van der Waals surface area contributed by atoms with Crippen molar-refractivity contribution in [2.24, 2.45) is 0 Å². The molecule has 1 saturated heterocycles. The first-order valence-corrected chi connectivity index (χ1v) is 8.43. The molecule has 20 heavy (non-hydrogen) atoms. The summed E-state index contributed by atoms with van der Waals surface area (Å²) in [6.07, 6.45) is 1.82. The number of sulfonamides is 1. The van der Waals surface area contributed by atoms with E-state index in [4.69, 9.17) is 23.2 Å². The monoisotopic (exact) mass is 334 g/mol. The average molecular weight is 335 g/mol. The minimum atomic E-state index is -3.50. The molecule has 0 saturated carbocycles. The second-order valence-electron chi connectivity index (χ2n) is 4.57. The Kier molecular flexibility index (Phi) is 5.09. The fourth-order valence-electron chi connectivity index (χ4n) is 2.12. The zero-order valence-electron chi connectivity index (χ0n) is 10.9. The van der Waals surface area contributed by atoms with E-state index in [0.29, 0.717) is 31.2 Å². The molecule has 0 aromatic heterocycles. The number of nitrogens with zero attached hydrogens (tertiary/aromatic N) is 2. The lowest BCUT2D eigenvalue weighted by Gasteiger charge is -2.33. The van der Waals surface area contributed by atoms with Gasteiger partial charge >= 0.3 is 0 Å². The molecular weight excluding hydrogens is 319 g/mol. The highest BCUT2D eigenvalue weighted by molar-refractivity contribution is 7.89. The number of halogens is 2. The van der Waals surface area contributed by atoms with Gasteiger partial charge in [0.1, 0.15) is 0 Å². The fraction of sp³-hybridized carbons (Fsp3) is 0.385. The number of hydrogen-bond acceptors (Lipinski definition) is 3. The second-order valence-corrected chi connectivity index (χ2v) is 7.32. The van der Waals surface area contributed by atoms with E-state index in [0.717, 1.165) is 6.54 Å². The molecule has 0 bridgehead atoms. The minimum absolute atomic E-state index is 0.184. The maximum Gasteiger partial charge on any atom is 0.243 e. The van der Waals surface area contributed by atoms with Crippen molar-refractivity contribution in [1.29, 1.82) is 0 Å². The lowest BCUT2D eigenvalue weighted by atomic mass is 10.3. The fourth-order valence-corrected chi connectivity index (χ4v) is 3.93. The van der Waals surface area contributed by atoms with Gasteiger partial charge in [-0.1, -0.05) is 29.3 Å². The smallest absolute Gasteiger partial charge is 0.243 e. The van der Waals surface area contributed by atoms with Crippen molar-refractivity contribution in [2.75, 3.05) is 32.7 Å². The van der Waals surface area contributed by atoms with Gasteiger partial charge in [-0.2, -0.15) is 4.31 Å². The van der Waals surface area contributed by atoms with Gasteiger partial charge in [0, 0.05) is 32.7 Å². The van der Waals surface area contributed by atoms with Crippen LogP contribution in [0.4, 0.5) is 0 Å². The summed E-state index contributed by atoms with van der Waals surface area (Å²) < 4.78 is 26.5. The zero-order chi connectivity index (χ0) is 14.8. The molecule has 7 heteroatoms. The first kappa shape index (κ1) is 15.8. The topological polar surface area (TPSA) is 40.6 Å². The standard InChI is InChI=1S/C13H16Cl2N2O2S/c1-2-5-16-6-8-17(9-7-16)20(18,19)11-3-4-12(14)13(15)10-11/h2-4,10H,1,5-9H2. The molecule has 0 aliphatic carbocycles. The maximum atomic E-state index is 12.5. The quantitative estimate of drug-likeness (QED) is 0.794. The molecule has 1 heterocycles. The first-order valence-electron chi connectivity index (χ1n) is 6.23. The Morgan fingerprint density at radius 2 is 1.80 bits per heavy atom. The van der Waals surface area contributed by atoms with Crippen LogP contribution in [0.2, 0.25) is 10.0 Å². The van der Waals surface area contributed by atoms with E-state index in [9.17, 15) is 8.42 Å². The van der Waals surface area contributed by atoms with Crippen molar-refractivity contribution in [2.45, 2.75) is 4.90 Å². The molecule has 1 aliphatic rings. The zero-order valence-corrected chi connectivity index (χ0v) is 13.3. The van der Waals surface area contributed by atoms with Crippen molar-refractivity contribution in [3.05, 3.63) is 40.9 Å². The molecule has 2 rings (SSSR count). The molecular formula is C13H16Cl2N2O2S. The number of benzene rings is 1. The van der Waals surface area contributed by atoms with Crippen molar-refractivity contribution >= 4 is 33.2 Å². The predicted octanol–water partition coefficient (Wildman–Crippen LogP) is 2.49. The largest absolute Gasteiger partial charge is 0.297 e. The number of hydrogen-bond donors (Lipinski definition) is 0. The van der Waals surface area contributed by atoms with Crippen LogP contribution in [0.3, 0.4) is 0 Å². The molecule has 0 amide bonds. The van der Waals surface area contributed by atoms with Crippen LogP contribution in [0.25, 0.3) is 0 Å². The Labute approximate surface area is 129 Å². The van der Waals surface area contributed by atoms with E-state index in [2.05, 4.69) is 11.5 Å². The SMILES string of the molecule is C=CCN1CCN(S(=O)(=O)c2ccc(Cl)c(Cl)c2)CC1. The van der Waals surface area contributed by atoms with Crippen molar-refractivity contribution < 1.29 is 8.42 Å². The van der Waals surface area contributed by atoms with Gasteiger partial charge in [0.15, 0.2) is 0 Å². The van der Waals surface area contributed by atoms with Crippen LogP contribution >= 0.6 is 23.2 Å². The molecule has 1 fully saturated rings. The molecule has 110 valence electrons. The molecule has 0 radical (unpaired) electrons. The average Bonchev–Trinajstić information content (AvgIpc) is 2.43. The Balaban J connectivity index is 2.15. The Morgan fingerprint density at radius 1 is 1.15 bits per heavy atom. The van der Waals surface area contributed by atoms with Crippen LogP contribution in [0.1, 0.15) is 0 Å². The van der Waals surface area contributed by atoms with Crippen LogP contribution in [0, 0.1) is 0 Å². The Morgan fingerprint density at radius 3 is 2.35 bits per heavy atom. The molecule has 0 atom stereocenters. The van der Waals surface area contributed by atoms with Crippen molar-refractivity contribution in [3.8, 4) is 0 Å². The van der Waals surface area contributed by atoms with Crippen LogP contribution < -0.4 is 0 Å². The molecule has 0 unspecified atom stereocenters. The maximum absolute atomic E-state index is 12.5. The van der Waals surface area contributed by atoms with E-state index in [1.165, 1.54) is 22.5 Å². The molecule has 1 aromatic rings. The highest BCUT2D eigenvalue weighted by Crippen LogP contribution is 2.26. The van der Waals surface area contributed by atoms with E-state index in [-0.39, 0.29) is 9.92 Å². The molecule has 0 spiro atoms. The van der Waals surface area contributed by atoms with Crippen molar-refractivity contribution in [3.63, 3.8) is 0 Å². The first-order chi connectivity index (χ1) is 9.45. The summed E-state index contributed by atoms with van der Waals surface area (Å²) in [7, 11) is -3.50. The van der Waals surface area contributed by atoms with Gasteiger partial charge < -0.3 is 0 Å². The Hall–Kier alpha value is -0.590. The summed E-state index contributed by atoms with van der Waals surface area (Å²) in [5.41, 5.74) is 0. The predicted molar refractivity (Wildman–Crippen MR) is 81.9 cm³/mol. The van der Waals surface area contributed by atoms with Gasteiger partial charge in [-0.15, -0.1) is 6.58 Å². The molecule has 4 nitrogen and oxygen atoms in total. The summed E-state index contributed by atoms with van der Waals surface area (Å²) in [4.78, 5) is 2.34. The van der Waals surface area contributed by atoms with Gasteiger partial charge in [0.2, 0.25) is 10.0 Å². The van der Waals surface area contributed by atoms with Crippen LogP contribution in [-0.2, 0) is 10.0 Å². The van der Waals surface area contributed by atoms with Gasteiger partial charge in [-0.05, 0) is 18.2 Å². The van der Waals surface area contributed by atoms with E-state index in [1.807, 2.05) is 6.08 Å². The van der Waals surface area contributed by atoms with Crippen molar-refractivity contribution in [1.82, 2.24) is 9.21 Å². The summed E-state index contributed by atoms with van der Waals surface area (Å²) in [5, 5.41) is 0.597. The minimum Gasteiger partial charge on any atom is -0.297 e. The van der Waals surface area contributed by atoms with E-state index < -0.39 is 10.0 Å². The highest BCUT2D eigenvalue weighted by Gasteiger charge is 2.28. The van der Waals surface area contributed by atoms with Gasteiger partial charge in [0.05, 0.1) is 14.9 Å². The lowest BCUT2D eigenvalue weighted by Crippen LogP contribution is -2.48. The van der Waals surface area contributed by atoms with Gasteiger partial charge in [-0.3, -0.25) is 4.90 Å². The van der Waals surface area contributed by atoms with Crippen LogP contribution in [0.15, 0.2) is 35.7 Å². The third-order valence-electron chi connectivity index (χ3n) is 3.25. The summed E-state index contributed by atoms with van der Waals surface area (Å²) >= 11 is 11.7. The number of rotatable bonds is 4. The van der Waals surface area contributed by atoms with E-state index in [1.54, 1.807) is 0 Å². The highest BCUT2D eigenvalue weighted by atomic mass is 35.5. The van der Waals surface area contributed by atoms with Gasteiger partial charge in [-0.25, -0.2) is 8.42 Å². The third-order valence-corrected chi connectivity index (χ3v) is 5.88. The third kappa shape index (κ3) is 3.35. The summed E-state index contributed by atoms with van der Waals surface area (Å²) in [6, 6.07) is 4.39. The number of piperazine rings is 1. The van der Waals surface area contributed by atoms with Crippen LogP contribution in [-0.4, -0.2) is 50.3 Å². The van der Waals surface area contributed by atoms with Crippen LogP contribution in [0.5, 0.6) is 0 Å². The lowest BCUT2D eigenvalue weighted by molar-refractivity contribution is 0.204. The Bertz CT molecular complexity index is 596. The van der Waals surface area contributed by atoms with Gasteiger partial charge in [0.25, 0.3) is 0 Å². The summed E-state index contributed by atoms with van der Waals surface area (Å²) in [6.45, 7) is 6.81. The molecule has 0 N–H and O–H groups in total. The normalized spacial score (nSPS) is 18.1. The summed E-state index contributed by atoms with van der Waals surface area (Å²) in [5.74, 6) is 0. The van der Waals surface area contributed by atoms with E-state index >= 15 is 0 Å².